The van der Waals surface area contributed by atoms with Crippen LogP contribution in [0.5, 0.6) is 0 Å². The Kier molecular flexibility index (Phi) is 7.89. The maximum absolute atomic E-state index is 6.51. The number of anilines is 3. The molecule has 12 aromatic rings. The minimum Gasteiger partial charge on any atom is -0.455 e. The zero-order valence-electron chi connectivity index (χ0n) is 32.7. The highest BCUT2D eigenvalue weighted by Crippen LogP contribution is 2.44. The molecular weight excluding hydrogens is 727 g/mol. The number of nitrogens with zero attached hydrogens (tertiary/aromatic N) is 1. The van der Waals surface area contributed by atoms with E-state index >= 15 is 0 Å². The van der Waals surface area contributed by atoms with Crippen molar-refractivity contribution in [2.45, 2.75) is 0 Å². The van der Waals surface area contributed by atoms with Crippen molar-refractivity contribution in [1.82, 2.24) is 0 Å². The molecule has 0 bridgehead atoms. The van der Waals surface area contributed by atoms with Crippen LogP contribution in [0.25, 0.3) is 98.4 Å². The summed E-state index contributed by atoms with van der Waals surface area (Å²) >= 11 is 0. The zero-order valence-corrected chi connectivity index (χ0v) is 32.7. The highest BCUT2D eigenvalue weighted by Gasteiger charge is 2.19. The van der Waals surface area contributed by atoms with E-state index in [1.165, 1.54) is 54.2 Å². The van der Waals surface area contributed by atoms with Crippen LogP contribution in [0.3, 0.4) is 0 Å². The molecule has 0 aliphatic rings. The largest absolute Gasteiger partial charge is 0.455 e. The lowest BCUT2D eigenvalue weighted by Crippen LogP contribution is -2.10. The van der Waals surface area contributed by atoms with Crippen LogP contribution in [0.4, 0.5) is 17.1 Å². The Labute approximate surface area is 347 Å². The zero-order chi connectivity index (χ0) is 39.6. The van der Waals surface area contributed by atoms with Gasteiger partial charge in [-0.2, -0.15) is 0 Å². The van der Waals surface area contributed by atoms with E-state index in [0.29, 0.717) is 0 Å². The molecule has 1 heterocycles. The van der Waals surface area contributed by atoms with Crippen molar-refractivity contribution in [1.29, 1.82) is 0 Å². The van der Waals surface area contributed by atoms with Gasteiger partial charge in [-0.05, 0) is 114 Å². The normalized spacial score (nSPS) is 11.7. The van der Waals surface area contributed by atoms with Crippen LogP contribution in [0.1, 0.15) is 0 Å². The molecule has 0 N–H and O–H groups in total. The summed E-state index contributed by atoms with van der Waals surface area (Å²) in [5.74, 6) is 0. The smallest absolute Gasteiger partial charge is 0.143 e. The summed E-state index contributed by atoms with van der Waals surface area (Å²) in [7, 11) is 0. The van der Waals surface area contributed by atoms with Crippen molar-refractivity contribution in [3.05, 3.63) is 224 Å². The Morgan fingerprint density at radius 2 is 0.817 bits per heavy atom. The minimum atomic E-state index is 0.892. The molecule has 0 saturated heterocycles. The summed E-state index contributed by atoms with van der Waals surface area (Å²) in [6.45, 7) is 0. The quantitative estimate of drug-likeness (QED) is 0.157. The van der Waals surface area contributed by atoms with Crippen molar-refractivity contribution in [3.8, 4) is 33.4 Å². The molecule has 0 saturated carbocycles. The Bertz CT molecular complexity index is 3580. The molecule has 2 nitrogen and oxygen atoms in total. The van der Waals surface area contributed by atoms with Gasteiger partial charge in [0.15, 0.2) is 0 Å². The molecule has 1 aromatic heterocycles. The van der Waals surface area contributed by atoms with Gasteiger partial charge in [-0.15, -0.1) is 0 Å². The second-order valence-corrected chi connectivity index (χ2v) is 15.7. The molecule has 0 spiro atoms. The number of furan rings is 1. The SMILES string of the molecule is c1ccc(-c2cccc3c2oc2ccc(-c4ccc(N(c5ccc(-c6ccc7c(ccc8ccccc87)c6)cc5)c5cc6ccccc6c6ccccc56)cc4)cc23)cc1. The van der Waals surface area contributed by atoms with Gasteiger partial charge < -0.3 is 9.32 Å². The van der Waals surface area contributed by atoms with Gasteiger partial charge in [-0.25, -0.2) is 0 Å². The van der Waals surface area contributed by atoms with Crippen molar-refractivity contribution < 1.29 is 4.42 Å². The second-order valence-electron chi connectivity index (χ2n) is 15.7. The molecule has 11 aromatic carbocycles. The summed E-state index contributed by atoms with van der Waals surface area (Å²) in [6, 6.07) is 81.3. The molecule has 0 aliphatic heterocycles. The Morgan fingerprint density at radius 1 is 0.283 bits per heavy atom. The number of benzene rings is 11. The van der Waals surface area contributed by atoms with E-state index < -0.39 is 0 Å². The Hall–Kier alpha value is -7.94. The van der Waals surface area contributed by atoms with E-state index in [2.05, 4.69) is 223 Å². The summed E-state index contributed by atoms with van der Waals surface area (Å²) < 4.78 is 6.51. The number of para-hydroxylation sites is 1. The van der Waals surface area contributed by atoms with Gasteiger partial charge >= 0.3 is 0 Å². The van der Waals surface area contributed by atoms with Crippen LogP contribution >= 0.6 is 0 Å². The van der Waals surface area contributed by atoms with E-state index in [1.54, 1.807) is 0 Å². The first-order valence-corrected chi connectivity index (χ1v) is 20.6. The Balaban J connectivity index is 0.960. The van der Waals surface area contributed by atoms with Crippen LogP contribution < -0.4 is 4.90 Å². The van der Waals surface area contributed by atoms with Crippen LogP contribution in [-0.4, -0.2) is 0 Å². The monoisotopic (exact) mass is 763 g/mol. The fraction of sp³-hybridized carbons (Fsp3) is 0. The van der Waals surface area contributed by atoms with E-state index in [4.69, 9.17) is 4.42 Å². The lowest BCUT2D eigenvalue weighted by molar-refractivity contribution is 0.670. The molecule has 12 rings (SSSR count). The van der Waals surface area contributed by atoms with E-state index in [1.807, 2.05) is 6.07 Å². The first kappa shape index (κ1) is 34.1. The summed E-state index contributed by atoms with van der Waals surface area (Å²) in [5.41, 5.74) is 12.1. The summed E-state index contributed by atoms with van der Waals surface area (Å²) in [5, 5.41) is 12.2. The topological polar surface area (TPSA) is 16.4 Å². The van der Waals surface area contributed by atoms with Crippen molar-refractivity contribution >= 4 is 82.1 Å². The van der Waals surface area contributed by atoms with Crippen molar-refractivity contribution in [2.75, 3.05) is 4.90 Å². The maximum atomic E-state index is 6.51. The molecule has 60 heavy (non-hydrogen) atoms. The summed E-state index contributed by atoms with van der Waals surface area (Å²) in [6.07, 6.45) is 0. The van der Waals surface area contributed by atoms with E-state index in [9.17, 15) is 0 Å². The van der Waals surface area contributed by atoms with Gasteiger partial charge in [-0.1, -0.05) is 176 Å². The number of hydrogen-bond acceptors (Lipinski definition) is 2. The predicted molar refractivity (Wildman–Crippen MR) is 255 cm³/mol. The lowest BCUT2D eigenvalue weighted by Gasteiger charge is -2.28. The third kappa shape index (κ3) is 5.65. The maximum Gasteiger partial charge on any atom is 0.143 e. The van der Waals surface area contributed by atoms with Gasteiger partial charge in [0.05, 0.1) is 5.69 Å². The highest BCUT2D eigenvalue weighted by atomic mass is 16.3. The average Bonchev–Trinajstić information content (AvgIpc) is 3.70. The molecule has 0 atom stereocenters. The third-order valence-electron chi connectivity index (χ3n) is 12.2. The Morgan fingerprint density at radius 3 is 1.57 bits per heavy atom. The first-order chi connectivity index (χ1) is 29.7. The third-order valence-corrected chi connectivity index (χ3v) is 12.2. The molecular formula is C58H37NO. The fourth-order valence-electron chi connectivity index (χ4n) is 9.27. The van der Waals surface area contributed by atoms with Crippen LogP contribution in [0, 0.1) is 0 Å². The summed E-state index contributed by atoms with van der Waals surface area (Å²) in [4.78, 5) is 2.41. The average molecular weight is 764 g/mol. The van der Waals surface area contributed by atoms with Crippen LogP contribution in [0.15, 0.2) is 229 Å². The highest BCUT2D eigenvalue weighted by molar-refractivity contribution is 6.15. The fourth-order valence-corrected chi connectivity index (χ4v) is 9.27. The number of fused-ring (bicyclic) bond motifs is 9. The molecule has 0 amide bonds. The molecule has 0 unspecified atom stereocenters. The van der Waals surface area contributed by atoms with Crippen LogP contribution in [-0.2, 0) is 0 Å². The van der Waals surface area contributed by atoms with Gasteiger partial charge in [-0.3, -0.25) is 0 Å². The van der Waals surface area contributed by atoms with Crippen molar-refractivity contribution in [3.63, 3.8) is 0 Å². The standard InChI is InChI=1S/C58H37NO/c1-2-11-40(12-3-1)51-19-10-20-54-55-36-43(28-34-57(55)60-58(51)54)39-25-31-47(32-26-39)59(56-37-44-14-5-7-16-49(44)52-17-8-9-18-53(52)56)46-29-23-38(24-30-46)42-27-33-50-45(35-42)22-21-41-13-4-6-15-48(41)50/h1-37H. The van der Waals surface area contributed by atoms with Gasteiger partial charge in [0.25, 0.3) is 0 Å². The predicted octanol–water partition coefficient (Wildman–Crippen LogP) is 16.7. The van der Waals surface area contributed by atoms with Crippen LogP contribution in [0.2, 0.25) is 0 Å². The van der Waals surface area contributed by atoms with Gasteiger partial charge in [0.1, 0.15) is 11.2 Å². The van der Waals surface area contributed by atoms with Crippen molar-refractivity contribution in [2.24, 2.45) is 0 Å². The second kappa shape index (κ2) is 13.9. The minimum absolute atomic E-state index is 0.892. The van der Waals surface area contributed by atoms with E-state index in [0.717, 1.165) is 61.3 Å². The molecule has 0 fully saturated rings. The molecule has 2 heteroatoms. The van der Waals surface area contributed by atoms with Gasteiger partial charge in [0, 0.05) is 33.1 Å². The first-order valence-electron chi connectivity index (χ1n) is 20.6. The number of hydrogen-bond donors (Lipinski definition) is 0. The molecule has 280 valence electrons. The number of rotatable bonds is 6. The lowest BCUT2D eigenvalue weighted by atomic mass is 9.97. The molecule has 0 radical (unpaired) electrons. The molecule has 0 aliphatic carbocycles. The van der Waals surface area contributed by atoms with Gasteiger partial charge in [0.2, 0.25) is 0 Å². The van der Waals surface area contributed by atoms with E-state index in [-0.39, 0.29) is 0 Å².